The Labute approximate surface area is 116 Å². The lowest BCUT2D eigenvalue weighted by atomic mass is 10.1. The van der Waals surface area contributed by atoms with Gasteiger partial charge in [-0.3, -0.25) is 0 Å². The largest absolute Gasteiger partial charge is 0.0669 e. The summed E-state index contributed by atoms with van der Waals surface area (Å²) in [6.07, 6.45) is 13.1. The number of benzene rings is 1. The number of hydrogen-bond donors (Lipinski definition) is 0. The van der Waals surface area contributed by atoms with Gasteiger partial charge in [0.1, 0.15) is 0 Å². The Hall–Kier alpha value is -0.563. The number of unbranched alkanes of at least 4 members (excludes halogenated alkanes) is 8. The summed E-state index contributed by atoms with van der Waals surface area (Å²) in [5.41, 5.74) is 0. The predicted molar refractivity (Wildman–Crippen MR) is 86.7 cm³/mol. The topological polar surface area (TPSA) is 0 Å². The van der Waals surface area contributed by atoms with E-state index in [-0.39, 0.29) is 9.52 Å². The zero-order valence-corrected chi connectivity index (χ0v) is 13.6. The number of rotatable bonds is 11. The smallest absolute Gasteiger partial charge is 0.0547 e. The van der Waals surface area contributed by atoms with Crippen LogP contribution in [-0.2, 0) is 0 Å². The quantitative estimate of drug-likeness (QED) is 0.409. The van der Waals surface area contributed by atoms with Crippen LogP contribution in [0, 0.1) is 0 Å². The monoisotopic (exact) mass is 262 g/mol. The van der Waals surface area contributed by atoms with Crippen molar-refractivity contribution in [2.45, 2.75) is 70.8 Å². The SMILES string of the molecule is CCCCCCCCCCC[SiH2]c1ccccc1. The summed E-state index contributed by atoms with van der Waals surface area (Å²) in [5, 5.41) is 1.64. The maximum absolute atomic E-state index is 2.31. The predicted octanol–water partition coefficient (Wildman–Crippen LogP) is 4.43. The normalized spacial score (nSPS) is 11.4. The molecule has 0 amide bonds. The third kappa shape index (κ3) is 8.52. The lowest BCUT2D eigenvalue weighted by Gasteiger charge is -2.02. The minimum atomic E-state index is 0.0378. The van der Waals surface area contributed by atoms with Gasteiger partial charge in [0, 0.05) is 0 Å². The minimum Gasteiger partial charge on any atom is -0.0669 e. The molecule has 0 nitrogen and oxygen atoms in total. The van der Waals surface area contributed by atoms with Crippen LogP contribution in [0.2, 0.25) is 6.04 Å². The molecule has 0 unspecified atom stereocenters. The third-order valence-electron chi connectivity index (χ3n) is 3.66. The minimum absolute atomic E-state index is 0.0378. The highest BCUT2D eigenvalue weighted by molar-refractivity contribution is 6.53. The first kappa shape index (κ1) is 15.5. The van der Waals surface area contributed by atoms with E-state index in [9.17, 15) is 0 Å². The molecule has 1 aromatic carbocycles. The highest BCUT2D eigenvalue weighted by atomic mass is 28.2. The van der Waals surface area contributed by atoms with Gasteiger partial charge in [-0.2, -0.15) is 0 Å². The second kappa shape index (κ2) is 11.5. The Kier molecular flexibility index (Phi) is 9.92. The number of hydrogen-bond acceptors (Lipinski definition) is 0. The summed E-state index contributed by atoms with van der Waals surface area (Å²) in [5.74, 6) is 0. The van der Waals surface area contributed by atoms with Crippen LogP contribution in [0.1, 0.15) is 64.7 Å². The molecule has 0 saturated carbocycles. The molecule has 1 aromatic rings. The van der Waals surface area contributed by atoms with E-state index in [1.807, 2.05) is 0 Å². The van der Waals surface area contributed by atoms with Gasteiger partial charge in [-0.1, -0.05) is 106 Å². The van der Waals surface area contributed by atoms with Gasteiger partial charge in [0.25, 0.3) is 0 Å². The Morgan fingerprint density at radius 1 is 0.722 bits per heavy atom. The molecule has 0 saturated heterocycles. The average Bonchev–Trinajstić information content (AvgIpc) is 2.42. The standard InChI is InChI=1S/C17H30Si/c1-2-3-4-5-6-7-8-9-13-16-18-17-14-11-10-12-15-17/h10-12,14-15H,2-9,13,16,18H2,1H3. The van der Waals surface area contributed by atoms with Crippen LogP contribution >= 0.6 is 0 Å². The summed E-state index contributed by atoms with van der Waals surface area (Å²) in [4.78, 5) is 0. The van der Waals surface area contributed by atoms with Crippen LogP contribution in [0.5, 0.6) is 0 Å². The molecule has 102 valence electrons. The van der Waals surface area contributed by atoms with Crippen molar-refractivity contribution in [3.05, 3.63) is 30.3 Å². The summed E-state index contributed by atoms with van der Waals surface area (Å²) in [6, 6.07) is 12.6. The highest BCUT2D eigenvalue weighted by Gasteiger charge is 1.94. The van der Waals surface area contributed by atoms with Gasteiger partial charge in [0.2, 0.25) is 0 Å². The van der Waals surface area contributed by atoms with E-state index in [1.54, 1.807) is 5.19 Å². The summed E-state index contributed by atoms with van der Waals surface area (Å²) < 4.78 is 0. The molecule has 0 aliphatic carbocycles. The summed E-state index contributed by atoms with van der Waals surface area (Å²) in [6.45, 7) is 2.29. The van der Waals surface area contributed by atoms with Gasteiger partial charge in [-0.25, -0.2) is 0 Å². The zero-order chi connectivity index (χ0) is 12.9. The van der Waals surface area contributed by atoms with E-state index < -0.39 is 0 Å². The maximum Gasteiger partial charge on any atom is 0.0547 e. The Bertz CT molecular complexity index is 268. The second-order valence-corrected chi connectivity index (χ2v) is 7.44. The van der Waals surface area contributed by atoms with Crippen LogP contribution in [0.3, 0.4) is 0 Å². The van der Waals surface area contributed by atoms with Crippen molar-refractivity contribution >= 4 is 14.7 Å². The van der Waals surface area contributed by atoms with Gasteiger partial charge in [0.15, 0.2) is 0 Å². The molecular formula is C17H30Si. The van der Waals surface area contributed by atoms with Gasteiger partial charge < -0.3 is 0 Å². The van der Waals surface area contributed by atoms with Crippen LogP contribution in [0.15, 0.2) is 30.3 Å². The van der Waals surface area contributed by atoms with E-state index in [0.29, 0.717) is 0 Å². The fourth-order valence-corrected chi connectivity index (χ4v) is 4.08. The summed E-state index contributed by atoms with van der Waals surface area (Å²) >= 11 is 0. The fourth-order valence-electron chi connectivity index (χ4n) is 2.46. The Morgan fingerprint density at radius 2 is 1.28 bits per heavy atom. The van der Waals surface area contributed by atoms with Crippen LogP contribution in [0.4, 0.5) is 0 Å². The Morgan fingerprint density at radius 3 is 1.89 bits per heavy atom. The molecule has 0 aliphatic heterocycles. The van der Waals surface area contributed by atoms with Crippen molar-refractivity contribution in [1.82, 2.24) is 0 Å². The molecule has 0 aliphatic rings. The molecule has 0 spiro atoms. The second-order valence-electron chi connectivity index (χ2n) is 5.42. The van der Waals surface area contributed by atoms with Crippen molar-refractivity contribution in [3.8, 4) is 0 Å². The van der Waals surface area contributed by atoms with Crippen LogP contribution in [0.25, 0.3) is 0 Å². The fraction of sp³-hybridized carbons (Fsp3) is 0.647. The molecule has 1 rings (SSSR count). The van der Waals surface area contributed by atoms with Crippen LogP contribution in [-0.4, -0.2) is 9.52 Å². The molecule has 0 aromatic heterocycles. The first-order chi connectivity index (χ1) is 8.93. The van der Waals surface area contributed by atoms with Crippen molar-refractivity contribution in [3.63, 3.8) is 0 Å². The van der Waals surface area contributed by atoms with Gasteiger partial charge in [-0.15, -0.1) is 0 Å². The lowest BCUT2D eigenvalue weighted by molar-refractivity contribution is 0.572. The molecule has 0 bridgehead atoms. The van der Waals surface area contributed by atoms with Crippen molar-refractivity contribution in [1.29, 1.82) is 0 Å². The molecule has 0 radical (unpaired) electrons. The molecule has 0 heterocycles. The van der Waals surface area contributed by atoms with Crippen molar-refractivity contribution in [2.24, 2.45) is 0 Å². The van der Waals surface area contributed by atoms with E-state index >= 15 is 0 Å². The van der Waals surface area contributed by atoms with Crippen LogP contribution < -0.4 is 5.19 Å². The third-order valence-corrected chi connectivity index (χ3v) is 5.56. The Balaban J connectivity index is 1.82. The van der Waals surface area contributed by atoms with E-state index in [2.05, 4.69) is 37.3 Å². The first-order valence-corrected chi connectivity index (χ1v) is 9.68. The molecule has 18 heavy (non-hydrogen) atoms. The van der Waals surface area contributed by atoms with Crippen molar-refractivity contribution in [2.75, 3.05) is 0 Å². The molecular weight excluding hydrogens is 232 g/mol. The van der Waals surface area contributed by atoms with E-state index in [1.165, 1.54) is 63.8 Å². The molecule has 0 atom stereocenters. The first-order valence-electron chi connectivity index (χ1n) is 7.97. The summed E-state index contributed by atoms with van der Waals surface area (Å²) in [7, 11) is 0.0378. The maximum atomic E-state index is 2.31. The van der Waals surface area contributed by atoms with E-state index in [0.717, 1.165) is 0 Å². The zero-order valence-electron chi connectivity index (χ0n) is 12.2. The molecule has 1 heteroatoms. The van der Waals surface area contributed by atoms with Crippen molar-refractivity contribution < 1.29 is 0 Å². The van der Waals surface area contributed by atoms with Gasteiger partial charge >= 0.3 is 0 Å². The molecule has 0 fully saturated rings. The van der Waals surface area contributed by atoms with Gasteiger partial charge in [0.05, 0.1) is 9.52 Å². The highest BCUT2D eigenvalue weighted by Crippen LogP contribution is 2.10. The van der Waals surface area contributed by atoms with Gasteiger partial charge in [-0.05, 0) is 0 Å². The lowest BCUT2D eigenvalue weighted by Crippen LogP contribution is -2.12. The average molecular weight is 263 g/mol. The molecule has 0 N–H and O–H groups in total. The van der Waals surface area contributed by atoms with E-state index in [4.69, 9.17) is 0 Å².